The molecule has 0 fully saturated rings. The van der Waals surface area contributed by atoms with Gasteiger partial charge in [0.2, 0.25) is 5.91 Å². The first-order valence-corrected chi connectivity index (χ1v) is 8.06. The van der Waals surface area contributed by atoms with E-state index < -0.39 is 0 Å². The van der Waals surface area contributed by atoms with Crippen molar-refractivity contribution in [2.75, 3.05) is 6.54 Å². The summed E-state index contributed by atoms with van der Waals surface area (Å²) in [5, 5.41) is 0. The van der Waals surface area contributed by atoms with Crippen LogP contribution in [-0.4, -0.2) is 26.9 Å². The van der Waals surface area contributed by atoms with Crippen molar-refractivity contribution in [1.29, 1.82) is 0 Å². The van der Waals surface area contributed by atoms with Gasteiger partial charge in [0.05, 0.1) is 11.0 Å². The highest BCUT2D eigenvalue weighted by atomic mass is 16.2. The molecule has 1 amide bonds. The fraction of sp³-hybridized carbons (Fsp3) is 0.263. The van der Waals surface area contributed by atoms with Crippen molar-refractivity contribution in [3.63, 3.8) is 0 Å². The third-order valence-corrected chi connectivity index (χ3v) is 4.59. The van der Waals surface area contributed by atoms with Crippen molar-refractivity contribution < 1.29 is 4.79 Å². The van der Waals surface area contributed by atoms with Crippen LogP contribution in [0.2, 0.25) is 0 Å². The lowest BCUT2D eigenvalue weighted by molar-refractivity contribution is -0.132. The maximum atomic E-state index is 12.5. The van der Waals surface area contributed by atoms with Gasteiger partial charge in [-0.15, -0.1) is 0 Å². The first-order valence-electron chi connectivity index (χ1n) is 8.06. The summed E-state index contributed by atoms with van der Waals surface area (Å²) in [6, 6.07) is 14.4. The van der Waals surface area contributed by atoms with Gasteiger partial charge in [-0.1, -0.05) is 24.3 Å². The summed E-state index contributed by atoms with van der Waals surface area (Å²) in [6.45, 7) is 2.26. The minimum Gasteiger partial charge on any atom is -0.346 e. The summed E-state index contributed by atoms with van der Waals surface area (Å²) in [5.74, 6) is 0.227. The van der Waals surface area contributed by atoms with Crippen LogP contribution in [-0.2, 0) is 24.3 Å². The highest BCUT2D eigenvalue weighted by Gasteiger charge is 2.20. The number of benzene rings is 1. The van der Waals surface area contributed by atoms with E-state index in [4.69, 9.17) is 0 Å². The Labute approximate surface area is 135 Å². The van der Waals surface area contributed by atoms with Gasteiger partial charge in [0.1, 0.15) is 0 Å². The molecule has 1 aromatic carbocycles. The van der Waals surface area contributed by atoms with E-state index >= 15 is 0 Å². The van der Waals surface area contributed by atoms with Gasteiger partial charge in [-0.2, -0.15) is 0 Å². The molecule has 2 aromatic heterocycles. The summed E-state index contributed by atoms with van der Waals surface area (Å²) < 4.78 is 2.11. The van der Waals surface area contributed by atoms with Gasteiger partial charge in [0.25, 0.3) is 0 Å². The number of aromatic nitrogens is 2. The lowest BCUT2D eigenvalue weighted by atomic mass is 10.00. The molecule has 0 N–H and O–H groups in total. The Morgan fingerprint density at radius 2 is 1.96 bits per heavy atom. The topological polar surface area (TPSA) is 38.1 Å². The van der Waals surface area contributed by atoms with Crippen molar-refractivity contribution in [2.45, 2.75) is 25.9 Å². The molecule has 3 aromatic rings. The molecule has 4 heteroatoms. The Balaban J connectivity index is 1.43. The average molecular weight is 305 g/mol. The minimum atomic E-state index is 0.227. The molecule has 116 valence electrons. The number of carbonyl (C=O) groups excluding carboxylic acids is 1. The Bertz CT molecular complexity index is 852. The van der Waals surface area contributed by atoms with Crippen LogP contribution in [0.4, 0.5) is 0 Å². The van der Waals surface area contributed by atoms with Gasteiger partial charge in [-0.3, -0.25) is 9.78 Å². The Morgan fingerprint density at radius 3 is 2.87 bits per heavy atom. The van der Waals surface area contributed by atoms with Crippen LogP contribution in [0.3, 0.4) is 0 Å². The first-order chi connectivity index (χ1) is 11.3. The third kappa shape index (κ3) is 2.72. The number of pyridine rings is 1. The zero-order valence-corrected chi connectivity index (χ0v) is 13.0. The fourth-order valence-electron chi connectivity index (χ4n) is 3.30. The van der Waals surface area contributed by atoms with E-state index in [1.165, 1.54) is 11.1 Å². The molecule has 0 atom stereocenters. The molecule has 0 saturated heterocycles. The van der Waals surface area contributed by atoms with E-state index in [9.17, 15) is 4.79 Å². The summed E-state index contributed by atoms with van der Waals surface area (Å²) in [5.41, 5.74) is 4.72. The fourth-order valence-corrected chi connectivity index (χ4v) is 3.30. The zero-order chi connectivity index (χ0) is 15.6. The van der Waals surface area contributed by atoms with Crippen LogP contribution in [0.25, 0.3) is 11.0 Å². The molecular weight excluding hydrogens is 286 g/mol. The normalized spacial score (nSPS) is 14.0. The number of hydrogen-bond donors (Lipinski definition) is 0. The molecule has 0 aliphatic carbocycles. The van der Waals surface area contributed by atoms with Crippen LogP contribution in [0.5, 0.6) is 0 Å². The molecule has 1 aliphatic rings. The van der Waals surface area contributed by atoms with Gasteiger partial charge in [-0.05, 0) is 35.7 Å². The number of amides is 1. The van der Waals surface area contributed by atoms with Gasteiger partial charge in [0.15, 0.2) is 0 Å². The summed E-state index contributed by atoms with van der Waals surface area (Å²) in [7, 11) is 0. The molecule has 1 aliphatic heterocycles. The van der Waals surface area contributed by atoms with E-state index in [0.29, 0.717) is 13.0 Å². The van der Waals surface area contributed by atoms with Crippen molar-refractivity contribution in [3.05, 3.63) is 66.0 Å². The second-order valence-electron chi connectivity index (χ2n) is 6.00. The smallest absolute Gasteiger partial charge is 0.224 e. The average Bonchev–Trinajstić information content (AvgIpc) is 3.02. The van der Waals surface area contributed by atoms with E-state index in [1.807, 2.05) is 35.4 Å². The lowest BCUT2D eigenvalue weighted by Gasteiger charge is -2.29. The van der Waals surface area contributed by atoms with Gasteiger partial charge in [0, 0.05) is 38.4 Å². The summed E-state index contributed by atoms with van der Waals surface area (Å²) in [6.07, 6.45) is 5.29. The lowest BCUT2D eigenvalue weighted by Crippen LogP contribution is -2.36. The van der Waals surface area contributed by atoms with E-state index in [2.05, 4.69) is 27.8 Å². The molecule has 0 spiro atoms. The van der Waals surface area contributed by atoms with Crippen LogP contribution in [0, 0.1) is 0 Å². The highest BCUT2D eigenvalue weighted by molar-refractivity contribution is 5.78. The van der Waals surface area contributed by atoms with E-state index in [0.717, 1.165) is 30.5 Å². The molecule has 0 radical (unpaired) electrons. The van der Waals surface area contributed by atoms with Gasteiger partial charge < -0.3 is 9.47 Å². The SMILES string of the molecule is O=C(CCn1ccc2ncccc21)N1CCc2ccccc2C1. The van der Waals surface area contributed by atoms with Gasteiger partial charge in [-0.25, -0.2) is 0 Å². The van der Waals surface area contributed by atoms with Crippen LogP contribution in [0.15, 0.2) is 54.9 Å². The Kier molecular flexibility index (Phi) is 3.58. The maximum Gasteiger partial charge on any atom is 0.224 e. The van der Waals surface area contributed by atoms with Crippen LogP contribution in [0.1, 0.15) is 17.5 Å². The number of hydrogen-bond acceptors (Lipinski definition) is 2. The molecule has 23 heavy (non-hydrogen) atoms. The van der Waals surface area contributed by atoms with E-state index in [-0.39, 0.29) is 5.91 Å². The van der Waals surface area contributed by atoms with Crippen molar-refractivity contribution in [2.24, 2.45) is 0 Å². The maximum absolute atomic E-state index is 12.5. The van der Waals surface area contributed by atoms with Crippen molar-refractivity contribution in [1.82, 2.24) is 14.5 Å². The van der Waals surface area contributed by atoms with Crippen LogP contribution >= 0.6 is 0 Å². The monoisotopic (exact) mass is 305 g/mol. The molecule has 4 rings (SSSR count). The first kappa shape index (κ1) is 14.0. The van der Waals surface area contributed by atoms with E-state index in [1.54, 1.807) is 6.20 Å². The second kappa shape index (κ2) is 5.88. The number of aryl methyl sites for hydroxylation is 1. The molecule has 0 bridgehead atoms. The quantitative estimate of drug-likeness (QED) is 0.746. The summed E-state index contributed by atoms with van der Waals surface area (Å²) in [4.78, 5) is 18.8. The van der Waals surface area contributed by atoms with Gasteiger partial charge >= 0.3 is 0 Å². The predicted molar refractivity (Wildman–Crippen MR) is 89.9 cm³/mol. The zero-order valence-electron chi connectivity index (χ0n) is 13.0. The van der Waals surface area contributed by atoms with Crippen molar-refractivity contribution >= 4 is 16.9 Å². The largest absolute Gasteiger partial charge is 0.346 e. The number of nitrogens with zero attached hydrogens (tertiary/aromatic N) is 3. The van der Waals surface area contributed by atoms with Crippen LogP contribution < -0.4 is 0 Å². The van der Waals surface area contributed by atoms with Crippen molar-refractivity contribution in [3.8, 4) is 0 Å². The number of carbonyl (C=O) groups is 1. The third-order valence-electron chi connectivity index (χ3n) is 4.59. The number of rotatable bonds is 3. The predicted octanol–water partition coefficient (Wildman–Crippen LogP) is 3.01. The standard InChI is InChI=1S/C19H19N3O/c23-19(22-11-7-15-4-1-2-5-16(15)14-22)9-13-21-12-8-17-18(21)6-3-10-20-17/h1-6,8,10,12H,7,9,11,13-14H2. The molecule has 0 unspecified atom stereocenters. The minimum absolute atomic E-state index is 0.227. The molecule has 4 nitrogen and oxygen atoms in total. The summed E-state index contributed by atoms with van der Waals surface area (Å²) >= 11 is 0. The molecular formula is C19H19N3O. The highest BCUT2D eigenvalue weighted by Crippen LogP contribution is 2.19. The Morgan fingerprint density at radius 1 is 1.09 bits per heavy atom. The molecule has 3 heterocycles. The molecule has 0 saturated carbocycles. The number of fused-ring (bicyclic) bond motifs is 2. The Hall–Kier alpha value is -2.62. The second-order valence-corrected chi connectivity index (χ2v) is 6.00.